The number of carboxylic acid groups (broad SMARTS) is 1. The van der Waals surface area contributed by atoms with Crippen LogP contribution >= 0.6 is 0 Å². The predicted octanol–water partition coefficient (Wildman–Crippen LogP) is 4.63. The van der Waals surface area contributed by atoms with Gasteiger partial charge in [-0.2, -0.15) is 0 Å². The molecule has 0 aromatic heterocycles. The number of benzene rings is 3. The SMILES string of the molecule is CN(C)Cc1cccc(Nc2ccc(-c3cccc4c3OCCO4)cc2)c1.O=CO. The first-order valence-corrected chi connectivity index (χ1v) is 9.68. The van der Waals surface area contributed by atoms with Crippen LogP contribution in [0.2, 0.25) is 0 Å². The Morgan fingerprint density at radius 3 is 2.40 bits per heavy atom. The molecule has 156 valence electrons. The average molecular weight is 406 g/mol. The first kappa shape index (κ1) is 21.2. The van der Waals surface area contributed by atoms with Gasteiger partial charge in [0.05, 0.1) is 0 Å². The fourth-order valence-corrected chi connectivity index (χ4v) is 3.31. The maximum absolute atomic E-state index is 8.36. The molecule has 0 saturated heterocycles. The minimum atomic E-state index is -0.250. The Kier molecular flexibility index (Phi) is 7.29. The van der Waals surface area contributed by atoms with Crippen LogP contribution in [0.5, 0.6) is 11.5 Å². The molecule has 4 rings (SSSR count). The van der Waals surface area contributed by atoms with Crippen LogP contribution < -0.4 is 14.8 Å². The molecular weight excluding hydrogens is 380 g/mol. The molecule has 0 aliphatic carbocycles. The van der Waals surface area contributed by atoms with E-state index in [1.54, 1.807) is 0 Å². The van der Waals surface area contributed by atoms with Crippen LogP contribution in [0, 0.1) is 0 Å². The molecule has 0 amide bonds. The number of hydrogen-bond donors (Lipinski definition) is 2. The van der Waals surface area contributed by atoms with Gasteiger partial charge >= 0.3 is 0 Å². The first-order chi connectivity index (χ1) is 14.6. The second-order valence-corrected chi connectivity index (χ2v) is 7.08. The number of nitrogens with zero attached hydrogens (tertiary/aromatic N) is 1. The monoisotopic (exact) mass is 406 g/mol. The fourth-order valence-electron chi connectivity index (χ4n) is 3.31. The van der Waals surface area contributed by atoms with E-state index in [2.05, 4.69) is 78.9 Å². The normalized spacial score (nSPS) is 12.0. The van der Waals surface area contributed by atoms with Gasteiger partial charge in [-0.3, -0.25) is 4.79 Å². The summed E-state index contributed by atoms with van der Waals surface area (Å²) in [7, 11) is 4.16. The van der Waals surface area contributed by atoms with Gasteiger partial charge < -0.3 is 24.8 Å². The molecule has 0 fully saturated rings. The van der Waals surface area contributed by atoms with Gasteiger partial charge in [0.2, 0.25) is 0 Å². The highest BCUT2D eigenvalue weighted by Gasteiger charge is 2.16. The Morgan fingerprint density at radius 1 is 0.967 bits per heavy atom. The summed E-state index contributed by atoms with van der Waals surface area (Å²) in [5.41, 5.74) is 5.62. The summed E-state index contributed by atoms with van der Waals surface area (Å²) in [6, 6.07) is 22.9. The van der Waals surface area contributed by atoms with E-state index in [0.29, 0.717) is 13.2 Å². The van der Waals surface area contributed by atoms with Crippen LogP contribution in [0.25, 0.3) is 11.1 Å². The standard InChI is InChI=1S/C23H24N2O2.CH2O2/c1-25(2)16-17-5-3-6-20(15-17)24-19-11-9-18(10-12-19)21-7-4-8-22-23(21)27-14-13-26-22;2-1-3/h3-12,15,24H,13-14,16H2,1-2H3;1H,(H,2,3). The number of nitrogens with one attached hydrogen (secondary N) is 1. The highest BCUT2D eigenvalue weighted by atomic mass is 16.6. The van der Waals surface area contributed by atoms with Gasteiger partial charge in [-0.05, 0) is 55.6 Å². The van der Waals surface area contributed by atoms with Gasteiger partial charge in [0.1, 0.15) is 13.2 Å². The summed E-state index contributed by atoms with van der Waals surface area (Å²) in [6.07, 6.45) is 0. The van der Waals surface area contributed by atoms with Crippen LogP contribution in [0.4, 0.5) is 11.4 Å². The van der Waals surface area contributed by atoms with E-state index in [4.69, 9.17) is 19.4 Å². The van der Waals surface area contributed by atoms with E-state index < -0.39 is 0 Å². The molecule has 3 aromatic carbocycles. The summed E-state index contributed by atoms with van der Waals surface area (Å²) >= 11 is 0. The Bertz CT molecular complexity index is 971. The molecule has 0 saturated carbocycles. The van der Waals surface area contributed by atoms with Crippen molar-refractivity contribution in [3.8, 4) is 22.6 Å². The van der Waals surface area contributed by atoms with Gasteiger partial charge in [-0.15, -0.1) is 0 Å². The number of hydrogen-bond acceptors (Lipinski definition) is 5. The predicted molar refractivity (Wildman–Crippen MR) is 119 cm³/mol. The third-order valence-corrected chi connectivity index (χ3v) is 4.48. The topological polar surface area (TPSA) is 71.0 Å². The average Bonchev–Trinajstić information content (AvgIpc) is 2.74. The maximum Gasteiger partial charge on any atom is 0.290 e. The van der Waals surface area contributed by atoms with Crippen LogP contribution in [0.3, 0.4) is 0 Å². The van der Waals surface area contributed by atoms with E-state index in [9.17, 15) is 0 Å². The van der Waals surface area contributed by atoms with Crippen molar-refractivity contribution in [2.45, 2.75) is 6.54 Å². The molecule has 0 atom stereocenters. The number of para-hydroxylation sites is 1. The van der Waals surface area contributed by atoms with Gasteiger partial charge in [0, 0.05) is 23.5 Å². The van der Waals surface area contributed by atoms with Crippen molar-refractivity contribution in [1.82, 2.24) is 4.90 Å². The molecular formula is C24H26N2O4. The molecule has 3 aromatic rings. The molecule has 0 unspecified atom stereocenters. The second-order valence-electron chi connectivity index (χ2n) is 7.08. The van der Waals surface area contributed by atoms with Crippen molar-refractivity contribution in [2.75, 3.05) is 32.6 Å². The Balaban J connectivity index is 0.000000806. The molecule has 6 nitrogen and oxygen atoms in total. The van der Waals surface area contributed by atoms with Crippen molar-refractivity contribution in [3.63, 3.8) is 0 Å². The molecule has 6 heteroatoms. The molecule has 1 aliphatic heterocycles. The van der Waals surface area contributed by atoms with Gasteiger partial charge in [-0.1, -0.05) is 36.4 Å². The van der Waals surface area contributed by atoms with Gasteiger partial charge in [0.25, 0.3) is 6.47 Å². The highest BCUT2D eigenvalue weighted by molar-refractivity contribution is 5.76. The quantitative estimate of drug-likeness (QED) is 0.602. The van der Waals surface area contributed by atoms with Crippen LogP contribution in [-0.4, -0.2) is 43.8 Å². The smallest absolute Gasteiger partial charge is 0.290 e. The molecule has 0 bridgehead atoms. The van der Waals surface area contributed by atoms with Crippen LogP contribution in [0.1, 0.15) is 5.56 Å². The lowest BCUT2D eigenvalue weighted by Gasteiger charge is -2.21. The van der Waals surface area contributed by atoms with Crippen molar-refractivity contribution >= 4 is 17.8 Å². The summed E-state index contributed by atoms with van der Waals surface area (Å²) in [5, 5.41) is 10.4. The zero-order valence-electron chi connectivity index (χ0n) is 17.2. The lowest BCUT2D eigenvalue weighted by atomic mass is 10.0. The lowest BCUT2D eigenvalue weighted by molar-refractivity contribution is -0.122. The Hall–Kier alpha value is -3.51. The van der Waals surface area contributed by atoms with Crippen LogP contribution in [-0.2, 0) is 11.3 Å². The van der Waals surface area contributed by atoms with Crippen molar-refractivity contribution < 1.29 is 19.4 Å². The number of carbonyl (C=O) groups is 1. The lowest BCUT2D eigenvalue weighted by Crippen LogP contribution is -2.15. The van der Waals surface area contributed by atoms with Gasteiger partial charge in [-0.25, -0.2) is 0 Å². The van der Waals surface area contributed by atoms with E-state index in [1.807, 2.05) is 12.1 Å². The third kappa shape index (κ3) is 5.52. The number of rotatable bonds is 5. The summed E-state index contributed by atoms with van der Waals surface area (Å²) in [4.78, 5) is 10.5. The van der Waals surface area contributed by atoms with E-state index in [1.165, 1.54) is 5.56 Å². The zero-order chi connectivity index (χ0) is 21.3. The molecule has 0 spiro atoms. The van der Waals surface area contributed by atoms with E-state index in [0.717, 1.165) is 40.5 Å². The summed E-state index contributed by atoms with van der Waals surface area (Å²) in [6.45, 7) is 1.87. The number of fused-ring (bicyclic) bond motifs is 1. The van der Waals surface area contributed by atoms with Crippen LogP contribution in [0.15, 0.2) is 66.7 Å². The second kappa shape index (κ2) is 10.3. The number of anilines is 2. The third-order valence-electron chi connectivity index (χ3n) is 4.48. The highest BCUT2D eigenvalue weighted by Crippen LogP contribution is 2.40. The van der Waals surface area contributed by atoms with E-state index >= 15 is 0 Å². The largest absolute Gasteiger partial charge is 0.486 e. The summed E-state index contributed by atoms with van der Waals surface area (Å²) < 4.78 is 11.5. The van der Waals surface area contributed by atoms with Crippen molar-refractivity contribution in [3.05, 3.63) is 72.3 Å². The first-order valence-electron chi connectivity index (χ1n) is 9.68. The fraction of sp³-hybridized carbons (Fsp3) is 0.208. The Labute approximate surface area is 176 Å². The Morgan fingerprint density at radius 2 is 1.67 bits per heavy atom. The molecule has 30 heavy (non-hydrogen) atoms. The van der Waals surface area contributed by atoms with Crippen molar-refractivity contribution in [2.24, 2.45) is 0 Å². The molecule has 1 aliphatic rings. The molecule has 1 heterocycles. The molecule has 0 radical (unpaired) electrons. The molecule has 2 N–H and O–H groups in total. The minimum Gasteiger partial charge on any atom is -0.486 e. The maximum atomic E-state index is 8.36. The number of ether oxygens (including phenoxy) is 2. The minimum absolute atomic E-state index is 0.250. The van der Waals surface area contributed by atoms with Gasteiger partial charge in [0.15, 0.2) is 11.5 Å². The van der Waals surface area contributed by atoms with Crippen molar-refractivity contribution in [1.29, 1.82) is 0 Å². The summed E-state index contributed by atoms with van der Waals surface area (Å²) in [5.74, 6) is 1.65. The van der Waals surface area contributed by atoms with E-state index in [-0.39, 0.29) is 6.47 Å². The zero-order valence-corrected chi connectivity index (χ0v) is 17.2.